The molecule has 22 heavy (non-hydrogen) atoms. The van der Waals surface area contributed by atoms with E-state index in [9.17, 15) is 4.79 Å². The topological polar surface area (TPSA) is 81.8 Å². The smallest absolute Gasteiger partial charge is 0.358 e. The summed E-state index contributed by atoms with van der Waals surface area (Å²) < 4.78 is 17.4. The number of ether oxygens (including phenoxy) is 2. The molecule has 0 saturated heterocycles. The Hall–Kier alpha value is -2.02. The van der Waals surface area contributed by atoms with Crippen molar-refractivity contribution in [2.75, 3.05) is 13.2 Å². The number of carbonyl (C=O) groups is 1. The van der Waals surface area contributed by atoms with Crippen molar-refractivity contribution in [2.45, 2.75) is 19.8 Å². The van der Waals surface area contributed by atoms with Gasteiger partial charge in [-0.2, -0.15) is 0 Å². The predicted octanol–water partition coefficient (Wildman–Crippen LogP) is 3.70. The highest BCUT2D eigenvalue weighted by Crippen LogP contribution is 2.47. The molecule has 0 fully saturated rings. The number of aromatic carboxylic acids is 1. The summed E-state index contributed by atoms with van der Waals surface area (Å²) in [5, 5.41) is 12.6. The van der Waals surface area contributed by atoms with Gasteiger partial charge < -0.3 is 19.1 Å². The minimum absolute atomic E-state index is 0.126. The van der Waals surface area contributed by atoms with Crippen molar-refractivity contribution < 1.29 is 23.9 Å². The van der Waals surface area contributed by atoms with Crippen molar-refractivity contribution in [1.82, 2.24) is 5.16 Å². The minimum atomic E-state index is -1.13. The van der Waals surface area contributed by atoms with Crippen LogP contribution < -0.4 is 9.47 Å². The molecule has 2 aromatic rings. The normalized spacial score (nSPS) is 13.5. The highest BCUT2D eigenvalue weighted by atomic mass is 79.9. The standard InChI is InChI=1S/C15H14BrNO5/c1-7(2)12-13(10-6-9(15(18)19)17-22-10)8(16)5-11-14(12)21-4-3-20-11/h5-7H,3-4H2,1-2H3,(H,18,19). The summed E-state index contributed by atoms with van der Waals surface area (Å²) in [6.45, 7) is 5.03. The molecule has 1 aliphatic rings. The average molecular weight is 368 g/mol. The van der Waals surface area contributed by atoms with Gasteiger partial charge in [0, 0.05) is 21.7 Å². The van der Waals surface area contributed by atoms with E-state index in [4.69, 9.17) is 19.1 Å². The Kier molecular flexibility index (Phi) is 3.82. The van der Waals surface area contributed by atoms with Crippen LogP contribution in [0.1, 0.15) is 35.8 Å². The van der Waals surface area contributed by atoms with E-state index in [0.29, 0.717) is 30.5 Å². The van der Waals surface area contributed by atoms with E-state index in [0.717, 1.165) is 15.6 Å². The van der Waals surface area contributed by atoms with Crippen LogP contribution in [0.5, 0.6) is 11.5 Å². The lowest BCUT2D eigenvalue weighted by atomic mass is 9.93. The van der Waals surface area contributed by atoms with Gasteiger partial charge in [-0.15, -0.1) is 0 Å². The van der Waals surface area contributed by atoms with Crippen molar-refractivity contribution in [1.29, 1.82) is 0 Å². The summed E-state index contributed by atoms with van der Waals surface area (Å²) >= 11 is 3.51. The van der Waals surface area contributed by atoms with E-state index in [-0.39, 0.29) is 11.6 Å². The predicted molar refractivity (Wildman–Crippen MR) is 81.7 cm³/mol. The molecule has 1 aliphatic heterocycles. The van der Waals surface area contributed by atoms with Crippen molar-refractivity contribution in [2.24, 2.45) is 0 Å². The van der Waals surface area contributed by atoms with E-state index in [1.165, 1.54) is 6.07 Å². The molecule has 0 spiro atoms. The third-order valence-electron chi connectivity index (χ3n) is 3.37. The summed E-state index contributed by atoms with van der Waals surface area (Å²) in [5.41, 5.74) is 1.50. The monoisotopic (exact) mass is 367 g/mol. The number of benzene rings is 1. The average Bonchev–Trinajstić information content (AvgIpc) is 2.95. The van der Waals surface area contributed by atoms with Crippen LogP contribution in [-0.4, -0.2) is 29.4 Å². The maximum atomic E-state index is 11.0. The molecule has 3 rings (SSSR count). The molecule has 0 saturated carbocycles. The first kappa shape index (κ1) is 14.9. The maximum Gasteiger partial charge on any atom is 0.358 e. The van der Waals surface area contributed by atoms with Gasteiger partial charge in [0.25, 0.3) is 0 Å². The van der Waals surface area contributed by atoms with E-state index in [1.807, 2.05) is 13.8 Å². The zero-order valence-electron chi connectivity index (χ0n) is 12.1. The van der Waals surface area contributed by atoms with Gasteiger partial charge >= 0.3 is 5.97 Å². The Morgan fingerprint density at radius 2 is 2.05 bits per heavy atom. The minimum Gasteiger partial charge on any atom is -0.486 e. The SMILES string of the molecule is CC(C)c1c2c(cc(Br)c1-c1cc(C(=O)O)no1)OCCO2. The lowest BCUT2D eigenvalue weighted by Gasteiger charge is -2.25. The van der Waals surface area contributed by atoms with Gasteiger partial charge in [-0.1, -0.05) is 19.0 Å². The molecule has 116 valence electrons. The number of carboxylic acids is 1. The lowest BCUT2D eigenvalue weighted by Crippen LogP contribution is -2.17. The number of halogens is 1. The molecular formula is C15H14BrNO5. The Labute approximate surface area is 135 Å². The summed E-state index contributed by atoms with van der Waals surface area (Å²) in [6.07, 6.45) is 0. The number of aromatic nitrogens is 1. The van der Waals surface area contributed by atoms with Gasteiger partial charge in [0.2, 0.25) is 0 Å². The van der Waals surface area contributed by atoms with E-state index in [2.05, 4.69) is 21.1 Å². The molecule has 0 radical (unpaired) electrons. The number of hydrogen-bond donors (Lipinski definition) is 1. The Bertz CT molecular complexity index is 738. The van der Waals surface area contributed by atoms with Crippen LogP contribution in [0.15, 0.2) is 21.1 Å². The zero-order chi connectivity index (χ0) is 15.9. The highest BCUT2D eigenvalue weighted by molar-refractivity contribution is 9.10. The fraction of sp³-hybridized carbons (Fsp3) is 0.333. The van der Waals surface area contributed by atoms with Gasteiger partial charge in [-0.05, 0) is 27.9 Å². The number of hydrogen-bond acceptors (Lipinski definition) is 5. The molecule has 0 amide bonds. The van der Waals surface area contributed by atoms with Crippen LogP contribution in [0.3, 0.4) is 0 Å². The number of nitrogens with zero attached hydrogens (tertiary/aromatic N) is 1. The van der Waals surface area contributed by atoms with Gasteiger partial charge in [-0.3, -0.25) is 0 Å². The second-order valence-electron chi connectivity index (χ2n) is 5.21. The zero-order valence-corrected chi connectivity index (χ0v) is 13.6. The Balaban J connectivity index is 2.23. The molecule has 1 aromatic carbocycles. The summed E-state index contributed by atoms with van der Waals surface area (Å²) in [5.74, 6) is 0.720. The first-order chi connectivity index (χ1) is 10.5. The van der Waals surface area contributed by atoms with Gasteiger partial charge in [0.1, 0.15) is 13.2 Å². The second kappa shape index (κ2) is 5.64. The fourth-order valence-corrected chi connectivity index (χ4v) is 3.09. The molecule has 0 atom stereocenters. The van der Waals surface area contributed by atoms with Gasteiger partial charge in [-0.25, -0.2) is 4.79 Å². The number of fused-ring (bicyclic) bond motifs is 1. The van der Waals surface area contributed by atoms with Crippen LogP contribution in [0, 0.1) is 0 Å². The number of rotatable bonds is 3. The van der Waals surface area contributed by atoms with Crippen molar-refractivity contribution in [3.63, 3.8) is 0 Å². The lowest BCUT2D eigenvalue weighted by molar-refractivity contribution is 0.0686. The number of carboxylic acid groups (broad SMARTS) is 1. The largest absolute Gasteiger partial charge is 0.486 e. The first-order valence-electron chi connectivity index (χ1n) is 6.81. The van der Waals surface area contributed by atoms with Crippen LogP contribution in [-0.2, 0) is 0 Å². The molecule has 1 N–H and O–H groups in total. The Morgan fingerprint density at radius 1 is 1.32 bits per heavy atom. The maximum absolute atomic E-state index is 11.0. The molecule has 0 aliphatic carbocycles. The Morgan fingerprint density at radius 3 is 2.68 bits per heavy atom. The molecule has 2 heterocycles. The van der Waals surface area contributed by atoms with E-state index >= 15 is 0 Å². The molecule has 7 heteroatoms. The molecule has 1 aromatic heterocycles. The van der Waals surface area contributed by atoms with E-state index in [1.54, 1.807) is 6.07 Å². The summed E-state index contributed by atoms with van der Waals surface area (Å²) in [6, 6.07) is 3.21. The van der Waals surface area contributed by atoms with Crippen LogP contribution in [0.4, 0.5) is 0 Å². The van der Waals surface area contributed by atoms with Crippen LogP contribution >= 0.6 is 15.9 Å². The highest BCUT2D eigenvalue weighted by Gasteiger charge is 2.27. The quantitative estimate of drug-likeness (QED) is 0.890. The fourth-order valence-electron chi connectivity index (χ4n) is 2.47. The summed E-state index contributed by atoms with van der Waals surface area (Å²) in [4.78, 5) is 11.0. The van der Waals surface area contributed by atoms with E-state index < -0.39 is 5.97 Å². The van der Waals surface area contributed by atoms with Gasteiger partial charge in [0.15, 0.2) is 23.0 Å². The molecule has 0 unspecified atom stereocenters. The third-order valence-corrected chi connectivity index (χ3v) is 4.00. The second-order valence-corrected chi connectivity index (χ2v) is 6.06. The van der Waals surface area contributed by atoms with Crippen molar-refractivity contribution in [3.8, 4) is 22.8 Å². The summed E-state index contributed by atoms with van der Waals surface area (Å²) in [7, 11) is 0. The first-order valence-corrected chi connectivity index (χ1v) is 7.60. The van der Waals surface area contributed by atoms with Crippen molar-refractivity contribution >= 4 is 21.9 Å². The van der Waals surface area contributed by atoms with Crippen molar-refractivity contribution in [3.05, 3.63) is 27.9 Å². The third kappa shape index (κ3) is 2.45. The molecular weight excluding hydrogens is 354 g/mol. The van der Waals surface area contributed by atoms with Gasteiger partial charge in [0.05, 0.1) is 0 Å². The van der Waals surface area contributed by atoms with Crippen LogP contribution in [0.2, 0.25) is 0 Å². The van der Waals surface area contributed by atoms with Crippen LogP contribution in [0.25, 0.3) is 11.3 Å². The molecule has 0 bridgehead atoms. The molecule has 6 nitrogen and oxygen atoms in total.